The molecule has 0 aromatic heterocycles. The molecule has 0 rings (SSSR count). The van der Waals surface area contributed by atoms with Crippen LogP contribution in [0.15, 0.2) is 0 Å². The Balaban J connectivity index is -0.000000740. The van der Waals surface area contributed by atoms with Crippen LogP contribution in [0.3, 0.4) is 0 Å². The van der Waals surface area contributed by atoms with E-state index >= 15 is 0 Å². The zero-order chi connectivity index (χ0) is 15.7. The van der Waals surface area contributed by atoms with Gasteiger partial charge in [-0.2, -0.15) is 0 Å². The largest absolute Gasteiger partial charge is 0.397 e. The minimum atomic E-state index is -0.667. The number of nitrogens with one attached hydrogen (secondary N) is 1. The molecular weight excluding hydrogens is 286 g/mol. The lowest BCUT2D eigenvalue weighted by Crippen LogP contribution is -2.39. The Bertz CT molecular complexity index is 178. The van der Waals surface area contributed by atoms with Crippen molar-refractivity contribution in [3.8, 4) is 0 Å². The first-order valence-electron chi connectivity index (χ1n) is 8.56. The standard InChI is InChI=1S/C15H33NO.C2H6O.ClH/c1-4-5-6-7-8-9-10-11-12-13-14-15(2,17)16-3;1-2-3;/h16-17H,4-14H2,1-3H3;3H,2H2,1H3;1H. The van der Waals surface area contributed by atoms with Crippen LogP contribution in [0.25, 0.3) is 0 Å². The Morgan fingerprint density at radius 2 is 1.14 bits per heavy atom. The van der Waals surface area contributed by atoms with E-state index in [2.05, 4.69) is 12.2 Å². The average Bonchev–Trinajstić information content (AvgIpc) is 2.42. The molecule has 0 saturated heterocycles. The van der Waals surface area contributed by atoms with E-state index in [1.807, 2.05) is 14.0 Å². The lowest BCUT2D eigenvalue weighted by atomic mass is 10.0. The van der Waals surface area contributed by atoms with E-state index in [9.17, 15) is 5.11 Å². The third kappa shape index (κ3) is 25.5. The Hall–Kier alpha value is 0.170. The van der Waals surface area contributed by atoms with Crippen LogP contribution in [0.2, 0.25) is 0 Å². The molecule has 0 aromatic rings. The molecule has 3 nitrogen and oxygen atoms in total. The topological polar surface area (TPSA) is 52.5 Å². The highest BCUT2D eigenvalue weighted by Gasteiger charge is 2.15. The number of hydrogen-bond donors (Lipinski definition) is 3. The van der Waals surface area contributed by atoms with Gasteiger partial charge in [0.05, 0.1) is 0 Å². The summed E-state index contributed by atoms with van der Waals surface area (Å²) in [6.07, 6.45) is 14.3. The van der Waals surface area contributed by atoms with Crippen molar-refractivity contribution in [3.05, 3.63) is 0 Å². The first-order chi connectivity index (χ1) is 9.54. The van der Waals surface area contributed by atoms with Crippen molar-refractivity contribution in [1.29, 1.82) is 0 Å². The number of aliphatic hydroxyl groups excluding tert-OH is 1. The first-order valence-corrected chi connectivity index (χ1v) is 8.56. The number of halogens is 1. The van der Waals surface area contributed by atoms with Crippen LogP contribution in [0.1, 0.15) is 91.4 Å². The highest BCUT2D eigenvalue weighted by atomic mass is 35.5. The maximum Gasteiger partial charge on any atom is 0.112 e. The minimum Gasteiger partial charge on any atom is -0.397 e. The zero-order valence-corrected chi connectivity index (χ0v) is 15.6. The molecule has 0 amide bonds. The van der Waals surface area contributed by atoms with Crippen LogP contribution < -0.4 is 5.32 Å². The lowest BCUT2D eigenvalue weighted by molar-refractivity contribution is 0.0209. The van der Waals surface area contributed by atoms with Gasteiger partial charge in [0.1, 0.15) is 5.72 Å². The fourth-order valence-corrected chi connectivity index (χ4v) is 2.08. The molecule has 0 heterocycles. The van der Waals surface area contributed by atoms with Crippen LogP contribution in [0, 0.1) is 0 Å². The molecule has 0 spiro atoms. The smallest absolute Gasteiger partial charge is 0.112 e. The highest BCUT2D eigenvalue weighted by Crippen LogP contribution is 2.14. The number of aliphatic hydroxyl groups is 2. The number of rotatable bonds is 12. The van der Waals surface area contributed by atoms with Gasteiger partial charge < -0.3 is 10.2 Å². The van der Waals surface area contributed by atoms with Gasteiger partial charge in [0.15, 0.2) is 0 Å². The molecule has 0 bridgehead atoms. The van der Waals surface area contributed by atoms with Crippen molar-refractivity contribution < 1.29 is 10.2 Å². The molecule has 0 fully saturated rings. The summed E-state index contributed by atoms with van der Waals surface area (Å²) in [5, 5.41) is 20.2. The fraction of sp³-hybridized carbons (Fsp3) is 1.00. The maximum absolute atomic E-state index is 9.74. The van der Waals surface area contributed by atoms with Crippen LogP contribution in [-0.4, -0.2) is 29.6 Å². The molecule has 0 aliphatic heterocycles. The summed E-state index contributed by atoms with van der Waals surface area (Å²) in [6, 6.07) is 0. The second-order valence-corrected chi connectivity index (χ2v) is 5.77. The van der Waals surface area contributed by atoms with E-state index in [0.717, 1.165) is 12.8 Å². The van der Waals surface area contributed by atoms with Gasteiger partial charge in [-0.3, -0.25) is 5.32 Å². The van der Waals surface area contributed by atoms with E-state index < -0.39 is 5.72 Å². The van der Waals surface area contributed by atoms with E-state index in [4.69, 9.17) is 5.11 Å². The van der Waals surface area contributed by atoms with E-state index in [1.54, 1.807) is 6.92 Å². The van der Waals surface area contributed by atoms with Crippen molar-refractivity contribution in [3.63, 3.8) is 0 Å². The molecule has 1 atom stereocenters. The van der Waals surface area contributed by atoms with E-state index in [-0.39, 0.29) is 19.0 Å². The zero-order valence-electron chi connectivity index (χ0n) is 14.8. The molecular formula is C17H40ClNO2. The number of unbranched alkanes of at least 4 members (excludes halogenated alkanes) is 9. The molecule has 0 aliphatic rings. The van der Waals surface area contributed by atoms with E-state index in [0.29, 0.717) is 0 Å². The Morgan fingerprint density at radius 3 is 1.48 bits per heavy atom. The molecule has 4 heteroatoms. The monoisotopic (exact) mass is 325 g/mol. The predicted octanol–water partition coefficient (Wildman–Crippen LogP) is 4.65. The summed E-state index contributed by atoms with van der Waals surface area (Å²) in [4.78, 5) is 0. The molecule has 21 heavy (non-hydrogen) atoms. The molecule has 1 unspecified atom stereocenters. The van der Waals surface area contributed by atoms with Gasteiger partial charge in [-0.25, -0.2) is 0 Å². The second-order valence-electron chi connectivity index (χ2n) is 5.77. The van der Waals surface area contributed by atoms with Crippen LogP contribution in [0.4, 0.5) is 0 Å². The SMILES string of the molecule is CCCCCCCCCCCCC(C)(O)NC.CCO.Cl. The third-order valence-corrected chi connectivity index (χ3v) is 3.56. The van der Waals surface area contributed by atoms with Gasteiger partial charge >= 0.3 is 0 Å². The molecule has 0 radical (unpaired) electrons. The summed E-state index contributed by atoms with van der Waals surface area (Å²) < 4.78 is 0. The molecule has 0 aliphatic carbocycles. The van der Waals surface area contributed by atoms with Gasteiger partial charge in [0.25, 0.3) is 0 Å². The van der Waals surface area contributed by atoms with Crippen molar-refractivity contribution in [2.45, 2.75) is 97.1 Å². The normalized spacial score (nSPS) is 12.9. The predicted molar refractivity (Wildman–Crippen MR) is 96.2 cm³/mol. The van der Waals surface area contributed by atoms with Gasteiger partial charge in [0.2, 0.25) is 0 Å². The lowest BCUT2D eigenvalue weighted by Gasteiger charge is -2.22. The van der Waals surface area contributed by atoms with Gasteiger partial charge in [-0.1, -0.05) is 64.7 Å². The maximum atomic E-state index is 9.74. The van der Waals surface area contributed by atoms with Crippen LogP contribution in [0.5, 0.6) is 0 Å². The van der Waals surface area contributed by atoms with Gasteiger partial charge in [-0.05, 0) is 33.7 Å². The molecule has 132 valence electrons. The van der Waals surface area contributed by atoms with Crippen molar-refractivity contribution in [1.82, 2.24) is 5.32 Å². The average molecular weight is 326 g/mol. The van der Waals surface area contributed by atoms with E-state index in [1.165, 1.54) is 57.8 Å². The Morgan fingerprint density at radius 1 is 0.810 bits per heavy atom. The van der Waals surface area contributed by atoms with Crippen LogP contribution >= 0.6 is 12.4 Å². The molecule has 0 saturated carbocycles. The van der Waals surface area contributed by atoms with Crippen LogP contribution in [-0.2, 0) is 0 Å². The molecule has 0 aromatic carbocycles. The van der Waals surface area contributed by atoms with Crippen molar-refractivity contribution in [2.24, 2.45) is 0 Å². The Labute approximate surface area is 139 Å². The summed E-state index contributed by atoms with van der Waals surface area (Å²) in [7, 11) is 1.82. The van der Waals surface area contributed by atoms with Crippen molar-refractivity contribution in [2.75, 3.05) is 13.7 Å². The second kappa shape index (κ2) is 20.2. The highest BCUT2D eigenvalue weighted by molar-refractivity contribution is 5.85. The van der Waals surface area contributed by atoms with Gasteiger partial charge in [-0.15, -0.1) is 12.4 Å². The quantitative estimate of drug-likeness (QED) is 0.362. The first kappa shape index (κ1) is 26.1. The summed E-state index contributed by atoms with van der Waals surface area (Å²) in [5.74, 6) is 0. The minimum absolute atomic E-state index is 0. The number of hydrogen-bond acceptors (Lipinski definition) is 3. The summed E-state index contributed by atoms with van der Waals surface area (Å²) in [5.41, 5.74) is -0.667. The van der Waals surface area contributed by atoms with Crippen molar-refractivity contribution >= 4 is 12.4 Å². The summed E-state index contributed by atoms with van der Waals surface area (Å²) in [6.45, 7) is 6.04. The van der Waals surface area contributed by atoms with Gasteiger partial charge in [0, 0.05) is 6.61 Å². The third-order valence-electron chi connectivity index (χ3n) is 3.56. The molecule has 3 N–H and O–H groups in total. The summed E-state index contributed by atoms with van der Waals surface area (Å²) >= 11 is 0. The fourth-order valence-electron chi connectivity index (χ4n) is 2.08. The Kier molecular flexibility index (Phi) is 25.1.